The summed E-state index contributed by atoms with van der Waals surface area (Å²) in [6.07, 6.45) is 0.668. The molecule has 0 saturated carbocycles. The first-order valence-electron chi connectivity index (χ1n) is 5.36. The van der Waals surface area contributed by atoms with E-state index in [4.69, 9.17) is 9.47 Å². The molecule has 0 aromatic heterocycles. The molecule has 92 valence electrons. The molecule has 0 aromatic rings. The molecular weight excluding hydrogens is 212 g/mol. The van der Waals surface area contributed by atoms with Gasteiger partial charge >= 0.3 is 0 Å². The van der Waals surface area contributed by atoms with Crippen LogP contribution in [0.2, 0.25) is 0 Å². The van der Waals surface area contributed by atoms with Gasteiger partial charge in [-0.1, -0.05) is 0 Å². The fraction of sp³-hybridized carbons (Fsp3) is 0.800. The second-order valence-electron chi connectivity index (χ2n) is 3.50. The van der Waals surface area contributed by atoms with Crippen LogP contribution in [0.4, 0.5) is 0 Å². The number of amides is 2. The van der Waals surface area contributed by atoms with Gasteiger partial charge in [0.05, 0.1) is 26.3 Å². The second-order valence-corrected chi connectivity index (χ2v) is 3.50. The summed E-state index contributed by atoms with van der Waals surface area (Å²) in [6, 6.07) is 0. The third-order valence-electron chi connectivity index (χ3n) is 2.26. The van der Waals surface area contributed by atoms with E-state index in [1.165, 1.54) is 4.90 Å². The summed E-state index contributed by atoms with van der Waals surface area (Å²) in [7, 11) is 1.61. The van der Waals surface area contributed by atoms with Crippen molar-refractivity contribution in [1.29, 1.82) is 0 Å². The van der Waals surface area contributed by atoms with Gasteiger partial charge in [-0.3, -0.25) is 19.8 Å². The van der Waals surface area contributed by atoms with Crippen molar-refractivity contribution in [2.45, 2.75) is 6.42 Å². The van der Waals surface area contributed by atoms with Gasteiger partial charge in [0, 0.05) is 20.3 Å². The van der Waals surface area contributed by atoms with E-state index < -0.39 is 0 Å². The molecule has 0 radical (unpaired) electrons. The van der Waals surface area contributed by atoms with Crippen molar-refractivity contribution < 1.29 is 19.1 Å². The number of imide groups is 1. The van der Waals surface area contributed by atoms with Crippen LogP contribution in [0.1, 0.15) is 6.42 Å². The maximum absolute atomic E-state index is 11.4. The highest BCUT2D eigenvalue weighted by Crippen LogP contribution is 1.98. The Morgan fingerprint density at radius 1 is 1.19 bits per heavy atom. The summed E-state index contributed by atoms with van der Waals surface area (Å²) in [5.41, 5.74) is 0. The first kappa shape index (κ1) is 13.1. The van der Waals surface area contributed by atoms with Gasteiger partial charge in [-0.2, -0.15) is 0 Å². The standard InChI is InChI=1S/C10H18N2O4/c1-15-5-6-16-4-2-3-12-9(13)7-11-8-10(12)14/h11H,2-8H2,1H3. The van der Waals surface area contributed by atoms with Gasteiger partial charge < -0.3 is 9.47 Å². The predicted molar refractivity (Wildman–Crippen MR) is 56.9 cm³/mol. The zero-order valence-corrected chi connectivity index (χ0v) is 9.53. The minimum absolute atomic E-state index is 0.159. The Hall–Kier alpha value is -0.980. The lowest BCUT2D eigenvalue weighted by atomic mass is 10.3. The normalized spacial score (nSPS) is 16.9. The molecule has 1 N–H and O–H groups in total. The number of carbonyl (C=O) groups excluding carboxylic acids is 2. The van der Waals surface area contributed by atoms with E-state index in [1.54, 1.807) is 7.11 Å². The van der Waals surface area contributed by atoms with Gasteiger partial charge in [0.25, 0.3) is 0 Å². The van der Waals surface area contributed by atoms with E-state index >= 15 is 0 Å². The van der Waals surface area contributed by atoms with Crippen molar-refractivity contribution in [2.75, 3.05) is 46.6 Å². The fourth-order valence-electron chi connectivity index (χ4n) is 1.42. The van der Waals surface area contributed by atoms with Crippen LogP contribution in [-0.2, 0) is 19.1 Å². The number of hydrogen-bond donors (Lipinski definition) is 1. The van der Waals surface area contributed by atoms with Crippen LogP contribution in [0.5, 0.6) is 0 Å². The molecule has 0 spiro atoms. The second kappa shape index (κ2) is 7.32. The van der Waals surface area contributed by atoms with Crippen LogP contribution in [0.3, 0.4) is 0 Å². The Kier molecular flexibility index (Phi) is 5.99. The van der Waals surface area contributed by atoms with Crippen LogP contribution < -0.4 is 5.32 Å². The quantitative estimate of drug-likeness (QED) is 0.449. The summed E-state index contributed by atoms with van der Waals surface area (Å²) in [5, 5.41) is 2.74. The van der Waals surface area contributed by atoms with Crippen molar-refractivity contribution in [3.8, 4) is 0 Å². The van der Waals surface area contributed by atoms with Gasteiger partial charge in [0.15, 0.2) is 0 Å². The molecule has 0 aliphatic carbocycles. The van der Waals surface area contributed by atoms with Gasteiger partial charge in [0.2, 0.25) is 11.8 Å². The molecule has 6 nitrogen and oxygen atoms in total. The highest BCUT2D eigenvalue weighted by Gasteiger charge is 2.24. The van der Waals surface area contributed by atoms with Crippen LogP contribution in [0.15, 0.2) is 0 Å². The first-order valence-corrected chi connectivity index (χ1v) is 5.36. The van der Waals surface area contributed by atoms with E-state index in [-0.39, 0.29) is 24.9 Å². The molecule has 1 saturated heterocycles. The molecule has 0 unspecified atom stereocenters. The van der Waals surface area contributed by atoms with E-state index in [0.717, 1.165) is 0 Å². The molecule has 0 bridgehead atoms. The highest BCUT2D eigenvalue weighted by molar-refractivity contribution is 5.99. The van der Waals surface area contributed by atoms with Crippen LogP contribution in [0.25, 0.3) is 0 Å². The van der Waals surface area contributed by atoms with E-state index in [9.17, 15) is 9.59 Å². The molecular formula is C10H18N2O4. The number of nitrogens with zero attached hydrogens (tertiary/aromatic N) is 1. The highest BCUT2D eigenvalue weighted by atomic mass is 16.5. The number of nitrogens with one attached hydrogen (secondary N) is 1. The average Bonchev–Trinajstić information content (AvgIpc) is 2.26. The lowest BCUT2D eigenvalue weighted by Crippen LogP contribution is -2.52. The van der Waals surface area contributed by atoms with Gasteiger partial charge in [-0.15, -0.1) is 0 Å². The summed E-state index contributed by atoms with van der Waals surface area (Å²) in [5.74, 6) is -0.318. The van der Waals surface area contributed by atoms with Crippen molar-refractivity contribution in [3.63, 3.8) is 0 Å². The minimum atomic E-state index is -0.159. The van der Waals surface area contributed by atoms with Gasteiger partial charge in [0.1, 0.15) is 0 Å². The number of carbonyl (C=O) groups is 2. The van der Waals surface area contributed by atoms with E-state index in [0.29, 0.717) is 32.8 Å². The van der Waals surface area contributed by atoms with Gasteiger partial charge in [-0.05, 0) is 6.42 Å². The SMILES string of the molecule is COCCOCCCN1C(=O)CNCC1=O. The third-order valence-corrected chi connectivity index (χ3v) is 2.26. The molecule has 16 heavy (non-hydrogen) atoms. The maximum Gasteiger partial charge on any atom is 0.243 e. The Labute approximate surface area is 94.9 Å². The molecule has 1 fully saturated rings. The molecule has 2 amide bonds. The van der Waals surface area contributed by atoms with E-state index in [2.05, 4.69) is 5.32 Å². The number of ether oxygens (including phenoxy) is 2. The zero-order chi connectivity index (χ0) is 11.8. The molecule has 0 aromatic carbocycles. The lowest BCUT2D eigenvalue weighted by Gasteiger charge is -2.25. The number of hydrogen-bond acceptors (Lipinski definition) is 5. The Bertz CT molecular complexity index is 229. The van der Waals surface area contributed by atoms with Crippen LogP contribution >= 0.6 is 0 Å². The molecule has 1 aliphatic heterocycles. The van der Waals surface area contributed by atoms with E-state index in [1.807, 2.05) is 0 Å². The fourth-order valence-corrected chi connectivity index (χ4v) is 1.42. The summed E-state index contributed by atoms with van der Waals surface area (Å²) >= 11 is 0. The zero-order valence-electron chi connectivity index (χ0n) is 9.53. The predicted octanol–water partition coefficient (Wildman–Crippen LogP) is -1.00. The summed E-state index contributed by atoms with van der Waals surface area (Å²) < 4.78 is 10.1. The number of methoxy groups -OCH3 is 1. The molecule has 1 aliphatic rings. The maximum atomic E-state index is 11.4. The summed E-state index contributed by atoms with van der Waals surface area (Å²) in [6.45, 7) is 2.57. The number of rotatable bonds is 7. The molecule has 1 rings (SSSR count). The van der Waals surface area contributed by atoms with Crippen molar-refractivity contribution >= 4 is 11.8 Å². The Morgan fingerprint density at radius 3 is 2.50 bits per heavy atom. The lowest BCUT2D eigenvalue weighted by molar-refractivity contribution is -0.146. The molecule has 0 atom stereocenters. The Balaban J connectivity index is 2.11. The van der Waals surface area contributed by atoms with Crippen LogP contribution in [0, 0.1) is 0 Å². The number of piperazine rings is 1. The Morgan fingerprint density at radius 2 is 1.88 bits per heavy atom. The molecule has 1 heterocycles. The van der Waals surface area contributed by atoms with Crippen molar-refractivity contribution in [3.05, 3.63) is 0 Å². The first-order chi connectivity index (χ1) is 7.75. The van der Waals surface area contributed by atoms with Crippen molar-refractivity contribution in [2.24, 2.45) is 0 Å². The monoisotopic (exact) mass is 230 g/mol. The minimum Gasteiger partial charge on any atom is -0.382 e. The smallest absolute Gasteiger partial charge is 0.243 e. The topological polar surface area (TPSA) is 67.9 Å². The van der Waals surface area contributed by atoms with Crippen molar-refractivity contribution in [1.82, 2.24) is 10.2 Å². The largest absolute Gasteiger partial charge is 0.382 e. The summed E-state index contributed by atoms with van der Waals surface area (Å²) in [4.78, 5) is 24.0. The third kappa shape index (κ3) is 4.26. The van der Waals surface area contributed by atoms with Gasteiger partial charge in [-0.25, -0.2) is 0 Å². The van der Waals surface area contributed by atoms with Crippen LogP contribution in [-0.4, -0.2) is 63.3 Å². The molecule has 6 heteroatoms. The average molecular weight is 230 g/mol.